The third-order valence-electron chi connectivity index (χ3n) is 3.06. The van der Waals surface area contributed by atoms with Crippen molar-refractivity contribution in [3.05, 3.63) is 36.8 Å². The second-order valence-corrected chi connectivity index (χ2v) is 5.09. The van der Waals surface area contributed by atoms with E-state index in [1.165, 1.54) is 19.3 Å². The molecule has 21 heavy (non-hydrogen) atoms. The number of carbonyl (C=O) groups excluding carboxylic acids is 1. The van der Waals surface area contributed by atoms with Crippen LogP contribution in [0.15, 0.2) is 36.8 Å². The summed E-state index contributed by atoms with van der Waals surface area (Å²) in [6.07, 6.45) is 21.3. The zero-order chi connectivity index (χ0) is 15.6. The van der Waals surface area contributed by atoms with Crippen molar-refractivity contribution >= 4 is 5.97 Å². The number of aliphatic carboxylic acids is 1. The molecule has 0 heterocycles. The van der Waals surface area contributed by atoms with Gasteiger partial charge < -0.3 is 14.6 Å². The summed E-state index contributed by atoms with van der Waals surface area (Å²) in [5.74, 6) is -0.950. The molecule has 0 aromatic carbocycles. The number of unbranched alkanes of at least 4 members (excludes halogenated alkanes) is 7. The van der Waals surface area contributed by atoms with Crippen molar-refractivity contribution in [2.75, 3.05) is 0 Å². The molecule has 0 saturated carbocycles. The third kappa shape index (κ3) is 18.5. The second-order valence-electron chi connectivity index (χ2n) is 5.09. The van der Waals surface area contributed by atoms with Crippen molar-refractivity contribution in [3.63, 3.8) is 0 Å². The molecular weight excluding hydrogens is 264 g/mol. The average Bonchev–Trinajstić information content (AvgIpc) is 2.46. The maximum Gasteiger partial charge on any atom is 0.0901 e. The zero-order valence-corrected chi connectivity index (χ0v) is 13.3. The number of carbonyl (C=O) groups is 1. The number of ether oxygens (including phenoxy) is 1. The molecule has 0 bridgehead atoms. The molecule has 3 nitrogen and oxygen atoms in total. The predicted molar refractivity (Wildman–Crippen MR) is 85.4 cm³/mol. The minimum atomic E-state index is -0.950. The number of allylic oxidation sites excluding steroid dienone is 4. The van der Waals surface area contributed by atoms with Gasteiger partial charge in [0.25, 0.3) is 0 Å². The summed E-state index contributed by atoms with van der Waals surface area (Å²) in [7, 11) is 0. The van der Waals surface area contributed by atoms with Gasteiger partial charge in [0, 0.05) is 5.97 Å². The summed E-state index contributed by atoms with van der Waals surface area (Å²) >= 11 is 0. The van der Waals surface area contributed by atoms with Crippen LogP contribution in [0.4, 0.5) is 0 Å². The van der Waals surface area contributed by atoms with Crippen LogP contribution in [0.25, 0.3) is 0 Å². The highest BCUT2D eigenvalue weighted by Gasteiger charge is 1.89. The molecule has 0 unspecified atom stereocenters. The first-order chi connectivity index (χ1) is 10.3. The molecule has 0 aromatic heterocycles. The standard InChI is InChI=1S/C18H30O3/c1-2-3-4-5-7-10-13-16-21-17-14-11-8-6-9-12-15-18(19)20/h7,10,13-14,16-17H,2-6,8-9,11-12,15H2,1H3,(H,19,20)/p-1/b10-7-,16-13+,17-14+. The first kappa shape index (κ1) is 19.5. The second kappa shape index (κ2) is 16.5. The Morgan fingerprint density at radius 2 is 1.62 bits per heavy atom. The van der Waals surface area contributed by atoms with Gasteiger partial charge in [-0.05, 0) is 50.7 Å². The molecule has 0 N–H and O–H groups in total. The molecule has 0 aliphatic rings. The van der Waals surface area contributed by atoms with Gasteiger partial charge in [-0.1, -0.05) is 44.8 Å². The molecule has 0 spiro atoms. The van der Waals surface area contributed by atoms with E-state index < -0.39 is 5.97 Å². The summed E-state index contributed by atoms with van der Waals surface area (Å²) in [5, 5.41) is 10.2. The average molecular weight is 293 g/mol. The summed E-state index contributed by atoms with van der Waals surface area (Å²) in [5.41, 5.74) is 0. The molecule has 0 atom stereocenters. The summed E-state index contributed by atoms with van der Waals surface area (Å²) in [6, 6.07) is 0. The third-order valence-corrected chi connectivity index (χ3v) is 3.06. The van der Waals surface area contributed by atoms with Crippen molar-refractivity contribution in [2.24, 2.45) is 0 Å². The van der Waals surface area contributed by atoms with Crippen molar-refractivity contribution in [3.8, 4) is 0 Å². The number of rotatable bonds is 14. The quantitative estimate of drug-likeness (QED) is 0.273. The van der Waals surface area contributed by atoms with Crippen LogP contribution < -0.4 is 5.11 Å². The molecule has 0 rings (SSSR count). The van der Waals surface area contributed by atoms with Gasteiger partial charge in [0.05, 0.1) is 12.5 Å². The van der Waals surface area contributed by atoms with E-state index in [9.17, 15) is 9.90 Å². The molecule has 0 saturated heterocycles. The number of hydrogen-bond acceptors (Lipinski definition) is 3. The summed E-state index contributed by atoms with van der Waals surface area (Å²) in [4.78, 5) is 10.2. The fourth-order valence-electron chi connectivity index (χ4n) is 1.83. The Morgan fingerprint density at radius 3 is 2.38 bits per heavy atom. The number of carboxylic acid groups (broad SMARTS) is 1. The van der Waals surface area contributed by atoms with E-state index >= 15 is 0 Å². The summed E-state index contributed by atoms with van der Waals surface area (Å²) < 4.78 is 5.22. The molecule has 0 aliphatic carbocycles. The van der Waals surface area contributed by atoms with Gasteiger partial charge in [0.1, 0.15) is 0 Å². The van der Waals surface area contributed by atoms with Crippen molar-refractivity contribution < 1.29 is 14.6 Å². The minimum absolute atomic E-state index is 0.176. The molecule has 0 aliphatic heterocycles. The minimum Gasteiger partial charge on any atom is -0.550 e. The van der Waals surface area contributed by atoms with Gasteiger partial charge in [-0.3, -0.25) is 0 Å². The summed E-state index contributed by atoms with van der Waals surface area (Å²) in [6.45, 7) is 2.21. The number of carboxylic acids is 1. The Kier molecular flexibility index (Phi) is 15.4. The van der Waals surface area contributed by atoms with Gasteiger partial charge in [-0.25, -0.2) is 0 Å². The lowest BCUT2D eigenvalue weighted by Gasteiger charge is -2.00. The van der Waals surface area contributed by atoms with E-state index in [-0.39, 0.29) is 6.42 Å². The van der Waals surface area contributed by atoms with Crippen LogP contribution in [0.3, 0.4) is 0 Å². The van der Waals surface area contributed by atoms with Crippen LogP contribution in [0.2, 0.25) is 0 Å². The van der Waals surface area contributed by atoms with Crippen LogP contribution in [0.5, 0.6) is 0 Å². The van der Waals surface area contributed by atoms with Gasteiger partial charge in [0.15, 0.2) is 0 Å². The molecule has 3 heteroatoms. The fraction of sp³-hybridized carbons (Fsp3) is 0.611. The topological polar surface area (TPSA) is 49.4 Å². The van der Waals surface area contributed by atoms with Crippen molar-refractivity contribution in [2.45, 2.75) is 71.1 Å². The lowest BCUT2D eigenvalue weighted by molar-refractivity contribution is -0.305. The van der Waals surface area contributed by atoms with Gasteiger partial charge in [-0.15, -0.1) is 0 Å². The normalized spacial score (nSPS) is 11.9. The van der Waals surface area contributed by atoms with E-state index in [1.54, 1.807) is 12.5 Å². The lowest BCUT2D eigenvalue weighted by Crippen LogP contribution is -2.21. The maximum atomic E-state index is 10.2. The van der Waals surface area contributed by atoms with Crippen molar-refractivity contribution in [1.29, 1.82) is 0 Å². The predicted octanol–water partition coefficient (Wildman–Crippen LogP) is 4.26. The Morgan fingerprint density at radius 1 is 0.905 bits per heavy atom. The molecule has 0 aromatic rings. The van der Waals surface area contributed by atoms with E-state index in [4.69, 9.17) is 4.74 Å². The van der Waals surface area contributed by atoms with Crippen LogP contribution in [0.1, 0.15) is 71.1 Å². The van der Waals surface area contributed by atoms with Gasteiger partial charge in [-0.2, -0.15) is 0 Å². The van der Waals surface area contributed by atoms with E-state index in [2.05, 4.69) is 13.0 Å². The van der Waals surface area contributed by atoms with Crippen LogP contribution in [-0.4, -0.2) is 5.97 Å². The SMILES string of the molecule is CCCCC/C=C\C=C\O/C=C/CCCCCCC(=O)[O-]. The highest BCUT2D eigenvalue weighted by atomic mass is 16.5. The lowest BCUT2D eigenvalue weighted by atomic mass is 10.1. The monoisotopic (exact) mass is 293 g/mol. The van der Waals surface area contributed by atoms with Crippen LogP contribution in [0, 0.1) is 0 Å². The van der Waals surface area contributed by atoms with E-state index in [0.29, 0.717) is 0 Å². The maximum absolute atomic E-state index is 10.2. The first-order valence-electron chi connectivity index (χ1n) is 8.09. The highest BCUT2D eigenvalue weighted by Crippen LogP contribution is 2.05. The highest BCUT2D eigenvalue weighted by molar-refractivity contribution is 5.63. The largest absolute Gasteiger partial charge is 0.550 e. The van der Waals surface area contributed by atoms with E-state index in [1.807, 2.05) is 18.2 Å². The van der Waals surface area contributed by atoms with Gasteiger partial charge in [0.2, 0.25) is 0 Å². The van der Waals surface area contributed by atoms with Gasteiger partial charge >= 0.3 is 0 Å². The molecule has 0 fully saturated rings. The fourth-order valence-corrected chi connectivity index (χ4v) is 1.83. The number of hydrogen-bond donors (Lipinski definition) is 0. The zero-order valence-electron chi connectivity index (χ0n) is 13.3. The first-order valence-corrected chi connectivity index (χ1v) is 8.09. The Labute approximate surface area is 129 Å². The van der Waals surface area contributed by atoms with Crippen LogP contribution in [-0.2, 0) is 9.53 Å². The molecule has 0 radical (unpaired) electrons. The Balaban J connectivity index is 3.30. The Hall–Kier alpha value is -1.51. The Bertz CT molecular complexity index is 316. The van der Waals surface area contributed by atoms with Crippen molar-refractivity contribution in [1.82, 2.24) is 0 Å². The molecule has 0 amide bonds. The smallest absolute Gasteiger partial charge is 0.0901 e. The van der Waals surface area contributed by atoms with E-state index in [0.717, 1.165) is 38.5 Å². The van der Waals surface area contributed by atoms with Crippen LogP contribution >= 0.6 is 0 Å². The molecule has 120 valence electrons. The molecular formula is C18H29O3-.